The molecule has 8 nitrogen and oxygen atoms in total. The summed E-state index contributed by atoms with van der Waals surface area (Å²) in [6.45, 7) is 6.18. The van der Waals surface area contributed by atoms with Gasteiger partial charge in [0, 0.05) is 37.7 Å². The fourth-order valence-corrected chi connectivity index (χ4v) is 4.74. The number of ketones is 1. The molecule has 1 aliphatic carbocycles. The minimum Gasteiger partial charge on any atom is -0.355 e. The third-order valence-electron chi connectivity index (χ3n) is 6.64. The smallest absolute Gasteiger partial charge is 0.256 e. The van der Waals surface area contributed by atoms with Gasteiger partial charge in [0.2, 0.25) is 0 Å². The predicted octanol–water partition coefficient (Wildman–Crippen LogP) is 3.23. The normalized spacial score (nSPS) is 18.7. The Labute approximate surface area is 193 Å². The molecule has 3 heterocycles. The summed E-state index contributed by atoms with van der Waals surface area (Å²) in [4.78, 5) is 36.3. The molecule has 5 rings (SSSR count). The lowest BCUT2D eigenvalue weighted by atomic mass is 9.95. The van der Waals surface area contributed by atoms with Gasteiger partial charge in [-0.25, -0.2) is 4.98 Å². The molecule has 1 aromatic carbocycles. The molecule has 170 valence electrons. The second-order valence-electron chi connectivity index (χ2n) is 8.90. The number of hydrogen-bond acceptors (Lipinski definition) is 6. The molecule has 8 heteroatoms. The molecule has 0 radical (unpaired) electrons. The van der Waals surface area contributed by atoms with Gasteiger partial charge in [-0.2, -0.15) is 15.0 Å². The van der Waals surface area contributed by atoms with Crippen molar-refractivity contribution in [3.05, 3.63) is 65.1 Å². The first-order valence-corrected chi connectivity index (χ1v) is 11.6. The zero-order valence-electron chi connectivity index (χ0n) is 19.1. The third-order valence-corrected chi connectivity index (χ3v) is 6.64. The minimum atomic E-state index is -0.00986. The summed E-state index contributed by atoms with van der Waals surface area (Å²) in [6, 6.07) is 9.74. The fourth-order valence-electron chi connectivity index (χ4n) is 4.74. The van der Waals surface area contributed by atoms with E-state index in [1.54, 1.807) is 12.4 Å². The molecule has 2 aromatic heterocycles. The number of carbonyl (C=O) groups excluding carboxylic acids is 2. The zero-order chi connectivity index (χ0) is 22.9. The molecule has 1 fully saturated rings. The molecule has 0 N–H and O–H groups in total. The van der Waals surface area contributed by atoms with E-state index in [9.17, 15) is 9.59 Å². The summed E-state index contributed by atoms with van der Waals surface area (Å²) >= 11 is 0. The van der Waals surface area contributed by atoms with Crippen LogP contribution in [0.1, 0.15) is 58.2 Å². The number of aryl methyl sites for hydroxylation is 2. The number of carbonyl (C=O) groups is 2. The van der Waals surface area contributed by atoms with Gasteiger partial charge in [-0.3, -0.25) is 9.59 Å². The molecule has 0 spiro atoms. The highest BCUT2D eigenvalue weighted by Gasteiger charge is 2.29. The van der Waals surface area contributed by atoms with E-state index in [-0.39, 0.29) is 17.7 Å². The van der Waals surface area contributed by atoms with Crippen LogP contribution in [0.3, 0.4) is 0 Å². The van der Waals surface area contributed by atoms with E-state index in [0.717, 1.165) is 48.4 Å². The Morgan fingerprint density at radius 3 is 2.67 bits per heavy atom. The van der Waals surface area contributed by atoms with Crippen LogP contribution in [0.25, 0.3) is 5.69 Å². The van der Waals surface area contributed by atoms with Crippen molar-refractivity contribution in [1.82, 2.24) is 24.9 Å². The Kier molecular flexibility index (Phi) is 5.66. The first-order valence-electron chi connectivity index (χ1n) is 11.6. The molecule has 0 saturated carbocycles. The molecule has 0 bridgehead atoms. The van der Waals surface area contributed by atoms with Gasteiger partial charge in [0.15, 0.2) is 5.78 Å². The van der Waals surface area contributed by atoms with Crippen LogP contribution in [0.5, 0.6) is 0 Å². The Morgan fingerprint density at radius 2 is 1.85 bits per heavy atom. The van der Waals surface area contributed by atoms with Crippen molar-refractivity contribution < 1.29 is 9.59 Å². The van der Waals surface area contributed by atoms with Crippen LogP contribution < -0.4 is 4.90 Å². The molecule has 1 saturated heterocycles. The maximum atomic E-state index is 13.7. The number of hydrogen-bond donors (Lipinski definition) is 0. The number of amides is 1. The van der Waals surface area contributed by atoms with Gasteiger partial charge < -0.3 is 9.80 Å². The molecule has 2 aliphatic rings. The first-order chi connectivity index (χ1) is 16.0. The van der Waals surface area contributed by atoms with E-state index in [0.29, 0.717) is 30.8 Å². The van der Waals surface area contributed by atoms with Gasteiger partial charge in [0.25, 0.3) is 5.91 Å². The lowest BCUT2D eigenvalue weighted by Crippen LogP contribution is -2.40. The van der Waals surface area contributed by atoms with Crippen LogP contribution in [-0.4, -0.2) is 62.2 Å². The highest BCUT2D eigenvalue weighted by molar-refractivity contribution is 5.98. The van der Waals surface area contributed by atoms with E-state index in [1.165, 1.54) is 4.80 Å². The number of aromatic nitrogens is 4. The van der Waals surface area contributed by atoms with Gasteiger partial charge in [0.05, 0.1) is 29.3 Å². The summed E-state index contributed by atoms with van der Waals surface area (Å²) < 4.78 is 0. The summed E-state index contributed by atoms with van der Waals surface area (Å²) in [7, 11) is 0. The maximum absolute atomic E-state index is 13.7. The van der Waals surface area contributed by atoms with Crippen molar-refractivity contribution in [2.75, 3.05) is 24.5 Å². The van der Waals surface area contributed by atoms with E-state index in [2.05, 4.69) is 22.0 Å². The SMILES string of the molecule is Cc1ccc(-n2nccn2)c(C(=O)N2CCN(c3ccc4c(n3)CCCC4=O)CCC2C)c1. The molecular formula is C25H28N6O2. The van der Waals surface area contributed by atoms with Gasteiger partial charge in [-0.05, 0) is 57.4 Å². The van der Waals surface area contributed by atoms with E-state index < -0.39 is 0 Å². The van der Waals surface area contributed by atoms with E-state index >= 15 is 0 Å². The number of nitrogens with zero attached hydrogens (tertiary/aromatic N) is 6. The van der Waals surface area contributed by atoms with Crippen LogP contribution >= 0.6 is 0 Å². The van der Waals surface area contributed by atoms with Gasteiger partial charge >= 0.3 is 0 Å². The first kappa shape index (κ1) is 21.3. The standard InChI is InChI=1S/C25H28N6O2/c1-17-6-8-22(31-26-11-12-27-31)20(16-17)25(33)30-15-14-29(13-10-18(30)2)24-9-7-19-21(28-24)4-3-5-23(19)32/h6-9,11-12,16,18H,3-5,10,13-15H2,1-2H3. The van der Waals surface area contributed by atoms with Crippen molar-refractivity contribution in [3.8, 4) is 5.69 Å². The largest absolute Gasteiger partial charge is 0.355 e. The number of fused-ring (bicyclic) bond motifs is 1. The quantitative estimate of drug-likeness (QED) is 0.617. The molecule has 3 aromatic rings. The number of pyridine rings is 1. The van der Waals surface area contributed by atoms with Crippen LogP contribution in [0.4, 0.5) is 5.82 Å². The van der Waals surface area contributed by atoms with Crippen LogP contribution in [-0.2, 0) is 6.42 Å². The molecule has 33 heavy (non-hydrogen) atoms. The van der Waals surface area contributed by atoms with Gasteiger partial charge in [-0.15, -0.1) is 0 Å². The number of rotatable bonds is 3. The van der Waals surface area contributed by atoms with E-state index in [4.69, 9.17) is 4.98 Å². The summed E-state index contributed by atoms with van der Waals surface area (Å²) in [5.41, 5.74) is 3.99. The predicted molar refractivity (Wildman–Crippen MR) is 125 cm³/mol. The zero-order valence-corrected chi connectivity index (χ0v) is 19.1. The molecule has 1 unspecified atom stereocenters. The molecule has 1 atom stereocenters. The Bertz CT molecular complexity index is 1190. The van der Waals surface area contributed by atoms with E-state index in [1.807, 2.05) is 42.2 Å². The summed E-state index contributed by atoms with van der Waals surface area (Å²) in [5, 5.41) is 8.46. The number of anilines is 1. The molecular weight excluding hydrogens is 416 g/mol. The van der Waals surface area contributed by atoms with Crippen LogP contribution in [0.15, 0.2) is 42.7 Å². The highest BCUT2D eigenvalue weighted by atomic mass is 16.2. The lowest BCUT2D eigenvalue weighted by molar-refractivity contribution is 0.0704. The molecule has 1 aliphatic heterocycles. The average Bonchev–Trinajstić information content (AvgIpc) is 3.28. The number of benzene rings is 1. The van der Waals surface area contributed by atoms with Crippen molar-refractivity contribution in [3.63, 3.8) is 0 Å². The second kappa shape index (κ2) is 8.77. The van der Waals surface area contributed by atoms with Crippen molar-refractivity contribution in [2.24, 2.45) is 0 Å². The fraction of sp³-hybridized carbons (Fsp3) is 0.400. The van der Waals surface area contributed by atoms with Crippen LogP contribution in [0, 0.1) is 6.92 Å². The third kappa shape index (κ3) is 4.13. The second-order valence-corrected chi connectivity index (χ2v) is 8.90. The van der Waals surface area contributed by atoms with Crippen LogP contribution in [0.2, 0.25) is 0 Å². The average molecular weight is 445 g/mol. The Morgan fingerprint density at radius 1 is 1.03 bits per heavy atom. The van der Waals surface area contributed by atoms with Gasteiger partial charge in [-0.1, -0.05) is 11.6 Å². The summed E-state index contributed by atoms with van der Waals surface area (Å²) in [5.74, 6) is 1.07. The maximum Gasteiger partial charge on any atom is 0.256 e. The topological polar surface area (TPSA) is 84.2 Å². The minimum absolute atomic E-state index is 0.00986. The monoisotopic (exact) mass is 444 g/mol. The van der Waals surface area contributed by atoms with Crippen molar-refractivity contribution >= 4 is 17.5 Å². The van der Waals surface area contributed by atoms with Crippen molar-refractivity contribution in [1.29, 1.82) is 0 Å². The summed E-state index contributed by atoms with van der Waals surface area (Å²) in [6.07, 6.45) is 6.39. The highest BCUT2D eigenvalue weighted by Crippen LogP contribution is 2.25. The molecule has 1 amide bonds. The Balaban J connectivity index is 1.38. The van der Waals surface area contributed by atoms with Gasteiger partial charge in [0.1, 0.15) is 5.82 Å². The Hall–Kier alpha value is -3.55. The lowest BCUT2D eigenvalue weighted by Gasteiger charge is -2.28. The number of Topliss-reactive ketones (excluding diaryl/α,β-unsaturated/α-hetero) is 1. The van der Waals surface area contributed by atoms with Crippen molar-refractivity contribution in [2.45, 2.75) is 45.6 Å².